The first kappa shape index (κ1) is 27.8. The van der Waals surface area contributed by atoms with E-state index in [4.69, 9.17) is 23.7 Å². The highest BCUT2D eigenvalue weighted by Gasteiger charge is 2.37. The molecule has 0 bridgehead atoms. The van der Waals surface area contributed by atoms with Crippen LogP contribution in [0.25, 0.3) is 0 Å². The Morgan fingerprint density at radius 3 is 1.80 bits per heavy atom. The molecule has 0 aliphatic heterocycles. The van der Waals surface area contributed by atoms with Gasteiger partial charge in [-0.15, -0.1) is 0 Å². The molecular weight excluding hydrogens is 404 g/mol. The topological polar surface area (TPSA) is 133 Å². The molecule has 2 atom stereocenters. The number of ether oxygens (including phenoxy) is 7. The van der Waals surface area contributed by atoms with E-state index in [0.29, 0.717) is 6.42 Å². The minimum absolute atomic E-state index is 0.308. The third kappa shape index (κ3) is 10.5. The molecule has 11 heteroatoms. The van der Waals surface area contributed by atoms with Crippen LogP contribution in [0.2, 0.25) is 0 Å². The Labute approximate surface area is 176 Å². The molecule has 0 fully saturated rings. The van der Waals surface area contributed by atoms with Crippen molar-refractivity contribution in [3.8, 4) is 0 Å². The molecule has 0 saturated carbocycles. The molecule has 2 unspecified atom stereocenters. The first-order chi connectivity index (χ1) is 14.1. The van der Waals surface area contributed by atoms with Crippen molar-refractivity contribution in [3.05, 3.63) is 0 Å². The lowest BCUT2D eigenvalue weighted by Crippen LogP contribution is -2.38. The van der Waals surface area contributed by atoms with Crippen LogP contribution in [0.1, 0.15) is 40.0 Å². The highest BCUT2D eigenvalue weighted by Crippen LogP contribution is 2.25. The van der Waals surface area contributed by atoms with Crippen molar-refractivity contribution in [2.24, 2.45) is 11.3 Å². The quantitative estimate of drug-likeness (QED) is 0.208. The van der Waals surface area contributed by atoms with Crippen molar-refractivity contribution in [2.75, 3.05) is 41.7 Å². The van der Waals surface area contributed by atoms with Gasteiger partial charge in [0.1, 0.15) is 0 Å². The van der Waals surface area contributed by atoms with Crippen LogP contribution in [0.5, 0.6) is 0 Å². The standard InChI is InChI=1S/C19H32O11/c1-7-19(2,3)18(23)30-14(17(22)29-12-26-6)8-13(16(21)28-11-25-5)9-15(20)27-10-24-4/h13-14H,7-12H2,1-6H3. The first-order valence-electron chi connectivity index (χ1n) is 9.29. The molecule has 0 saturated heterocycles. The minimum atomic E-state index is -1.46. The Kier molecular flexibility index (Phi) is 13.6. The fourth-order valence-electron chi connectivity index (χ4n) is 1.98. The van der Waals surface area contributed by atoms with Gasteiger partial charge >= 0.3 is 23.9 Å². The van der Waals surface area contributed by atoms with Crippen molar-refractivity contribution in [1.29, 1.82) is 0 Å². The average molecular weight is 436 g/mol. The van der Waals surface area contributed by atoms with Crippen LogP contribution in [-0.4, -0.2) is 71.7 Å². The van der Waals surface area contributed by atoms with Gasteiger partial charge < -0.3 is 33.2 Å². The number of hydrogen-bond donors (Lipinski definition) is 0. The molecule has 0 aromatic carbocycles. The van der Waals surface area contributed by atoms with Gasteiger partial charge in [-0.1, -0.05) is 6.92 Å². The summed E-state index contributed by atoms with van der Waals surface area (Å²) in [4.78, 5) is 49.2. The first-order valence-corrected chi connectivity index (χ1v) is 9.29. The van der Waals surface area contributed by atoms with E-state index in [1.807, 2.05) is 0 Å². The molecule has 30 heavy (non-hydrogen) atoms. The number of carbonyl (C=O) groups is 4. The fourth-order valence-corrected chi connectivity index (χ4v) is 1.98. The minimum Gasteiger partial charge on any atom is -0.450 e. The van der Waals surface area contributed by atoms with E-state index in [1.54, 1.807) is 20.8 Å². The molecule has 0 N–H and O–H groups in total. The van der Waals surface area contributed by atoms with E-state index in [2.05, 4.69) is 9.47 Å². The predicted octanol–water partition coefficient (Wildman–Crippen LogP) is 1.17. The molecule has 0 aliphatic carbocycles. The second-order valence-electron chi connectivity index (χ2n) is 6.93. The zero-order valence-electron chi connectivity index (χ0n) is 18.4. The lowest BCUT2D eigenvalue weighted by atomic mass is 9.90. The van der Waals surface area contributed by atoms with Crippen molar-refractivity contribution in [1.82, 2.24) is 0 Å². The SMILES string of the molecule is CCC(C)(C)C(=O)OC(CC(CC(=O)OCOC)C(=O)OCOC)C(=O)OCOC. The second kappa shape index (κ2) is 14.7. The molecule has 0 radical (unpaired) electrons. The fraction of sp³-hybridized carbons (Fsp3) is 0.789. The van der Waals surface area contributed by atoms with Crippen LogP contribution in [0.15, 0.2) is 0 Å². The summed E-state index contributed by atoms with van der Waals surface area (Å²) in [6.45, 7) is 4.05. The van der Waals surface area contributed by atoms with E-state index in [9.17, 15) is 19.2 Å². The number of esters is 4. The van der Waals surface area contributed by atoms with Crippen molar-refractivity contribution >= 4 is 23.9 Å². The van der Waals surface area contributed by atoms with E-state index < -0.39 is 47.7 Å². The third-order valence-corrected chi connectivity index (χ3v) is 4.17. The summed E-state index contributed by atoms with van der Waals surface area (Å²) >= 11 is 0. The number of methoxy groups -OCH3 is 3. The molecule has 0 aliphatic rings. The van der Waals surface area contributed by atoms with Gasteiger partial charge in [0.15, 0.2) is 26.5 Å². The lowest BCUT2D eigenvalue weighted by Gasteiger charge is -2.26. The normalized spacial score (nSPS) is 13.1. The van der Waals surface area contributed by atoms with Crippen LogP contribution in [0.4, 0.5) is 0 Å². The van der Waals surface area contributed by atoms with Crippen LogP contribution >= 0.6 is 0 Å². The van der Waals surface area contributed by atoms with Gasteiger partial charge in [0.25, 0.3) is 0 Å². The van der Waals surface area contributed by atoms with Gasteiger partial charge in [0.2, 0.25) is 0 Å². The summed E-state index contributed by atoms with van der Waals surface area (Å²) in [6, 6.07) is 0. The zero-order valence-corrected chi connectivity index (χ0v) is 18.4. The summed E-state index contributed by atoms with van der Waals surface area (Å²) in [6.07, 6.45) is -1.81. The Balaban J connectivity index is 5.52. The van der Waals surface area contributed by atoms with Crippen molar-refractivity contribution < 1.29 is 52.3 Å². The number of hydrogen-bond acceptors (Lipinski definition) is 11. The summed E-state index contributed by atoms with van der Waals surface area (Å²) < 4.78 is 33.9. The molecule has 0 aromatic rings. The predicted molar refractivity (Wildman–Crippen MR) is 101 cm³/mol. The second-order valence-corrected chi connectivity index (χ2v) is 6.93. The zero-order chi connectivity index (χ0) is 23.2. The number of carbonyl (C=O) groups excluding carboxylic acids is 4. The van der Waals surface area contributed by atoms with Gasteiger partial charge in [0.05, 0.1) is 17.8 Å². The Hall–Kier alpha value is -2.24. The Morgan fingerprint density at radius 2 is 1.30 bits per heavy atom. The summed E-state index contributed by atoms with van der Waals surface area (Å²) in [5.41, 5.74) is -0.872. The summed E-state index contributed by atoms with van der Waals surface area (Å²) in [5.74, 6) is -4.34. The molecule has 0 amide bonds. The molecule has 0 heterocycles. The van der Waals surface area contributed by atoms with E-state index in [1.165, 1.54) is 21.3 Å². The average Bonchev–Trinajstić information content (AvgIpc) is 2.72. The summed E-state index contributed by atoms with van der Waals surface area (Å²) in [7, 11) is 3.95. The maximum atomic E-state index is 12.5. The van der Waals surface area contributed by atoms with E-state index in [0.717, 1.165) is 0 Å². The third-order valence-electron chi connectivity index (χ3n) is 4.17. The van der Waals surface area contributed by atoms with E-state index in [-0.39, 0.29) is 26.8 Å². The molecule has 0 rings (SSSR count). The van der Waals surface area contributed by atoms with E-state index >= 15 is 0 Å². The Bertz CT molecular complexity index is 559. The maximum Gasteiger partial charge on any atom is 0.349 e. The van der Waals surface area contributed by atoms with Gasteiger partial charge in [0, 0.05) is 27.8 Å². The molecule has 174 valence electrons. The smallest absolute Gasteiger partial charge is 0.349 e. The Morgan fingerprint density at radius 1 is 0.800 bits per heavy atom. The molecule has 0 spiro atoms. The lowest BCUT2D eigenvalue weighted by molar-refractivity contribution is -0.183. The molecular formula is C19H32O11. The van der Waals surface area contributed by atoms with Gasteiger partial charge in [-0.2, -0.15) is 0 Å². The number of rotatable bonds is 15. The highest BCUT2D eigenvalue weighted by molar-refractivity contribution is 5.84. The monoisotopic (exact) mass is 436 g/mol. The van der Waals surface area contributed by atoms with Gasteiger partial charge in [-0.05, 0) is 20.3 Å². The van der Waals surface area contributed by atoms with Crippen LogP contribution < -0.4 is 0 Å². The van der Waals surface area contributed by atoms with Crippen molar-refractivity contribution in [2.45, 2.75) is 46.1 Å². The van der Waals surface area contributed by atoms with Gasteiger partial charge in [-0.3, -0.25) is 14.4 Å². The molecule has 11 nitrogen and oxygen atoms in total. The van der Waals surface area contributed by atoms with Crippen molar-refractivity contribution in [3.63, 3.8) is 0 Å². The highest BCUT2D eigenvalue weighted by atomic mass is 16.7. The summed E-state index contributed by atoms with van der Waals surface area (Å²) in [5, 5.41) is 0. The van der Waals surface area contributed by atoms with Gasteiger partial charge in [-0.25, -0.2) is 4.79 Å². The van der Waals surface area contributed by atoms with Crippen LogP contribution in [-0.2, 0) is 52.3 Å². The van der Waals surface area contributed by atoms with Crippen LogP contribution in [0, 0.1) is 11.3 Å². The largest absolute Gasteiger partial charge is 0.450 e. The maximum absolute atomic E-state index is 12.5. The molecule has 0 aromatic heterocycles. The van der Waals surface area contributed by atoms with Crippen LogP contribution in [0.3, 0.4) is 0 Å².